The van der Waals surface area contributed by atoms with Gasteiger partial charge < -0.3 is 10.2 Å². The molecule has 1 saturated heterocycles. The molecule has 1 fully saturated rings. The Bertz CT molecular complexity index is 570. The van der Waals surface area contributed by atoms with Crippen LogP contribution >= 0.6 is 11.8 Å². The Morgan fingerprint density at radius 3 is 2.25 bits per heavy atom. The fourth-order valence-corrected chi connectivity index (χ4v) is 3.68. The minimum atomic E-state index is 0.0524. The number of rotatable bonds is 4. The Morgan fingerprint density at radius 2 is 1.75 bits per heavy atom. The van der Waals surface area contributed by atoms with E-state index in [1.165, 1.54) is 5.56 Å². The van der Waals surface area contributed by atoms with Crippen molar-refractivity contribution in [1.29, 1.82) is 0 Å². The lowest BCUT2D eigenvalue weighted by atomic mass is 9.87. The lowest BCUT2D eigenvalue weighted by Gasteiger charge is -2.31. The monoisotopic (exact) mass is 348 g/mol. The predicted octanol–water partition coefficient (Wildman–Crippen LogP) is 3.06. The molecule has 0 spiro atoms. The average molecular weight is 349 g/mol. The molecule has 2 amide bonds. The molecule has 0 aliphatic carbocycles. The van der Waals surface area contributed by atoms with E-state index in [0.717, 1.165) is 17.7 Å². The summed E-state index contributed by atoms with van der Waals surface area (Å²) in [6.07, 6.45) is 1.52. The molecule has 0 atom stereocenters. The van der Waals surface area contributed by atoms with Crippen LogP contribution in [0.5, 0.6) is 0 Å². The van der Waals surface area contributed by atoms with Gasteiger partial charge in [0, 0.05) is 31.0 Å². The first-order chi connectivity index (χ1) is 11.3. The van der Waals surface area contributed by atoms with E-state index >= 15 is 0 Å². The molecular weight excluding hydrogens is 320 g/mol. The maximum atomic E-state index is 12.3. The SMILES string of the molecule is CNC(=O)C1CCN(C(=O)CSc2ccc(C(C)(C)C)cc2)CC1. The zero-order chi connectivity index (χ0) is 17.7. The molecule has 4 nitrogen and oxygen atoms in total. The molecule has 1 aliphatic heterocycles. The molecule has 2 rings (SSSR count). The molecule has 1 aromatic rings. The summed E-state index contributed by atoms with van der Waals surface area (Å²) < 4.78 is 0. The van der Waals surface area contributed by atoms with Crippen molar-refractivity contribution in [2.24, 2.45) is 5.92 Å². The van der Waals surface area contributed by atoms with Gasteiger partial charge in [-0.05, 0) is 36.0 Å². The highest BCUT2D eigenvalue weighted by Crippen LogP contribution is 2.26. The highest BCUT2D eigenvalue weighted by atomic mass is 32.2. The van der Waals surface area contributed by atoms with E-state index < -0.39 is 0 Å². The van der Waals surface area contributed by atoms with Crippen LogP contribution in [0.3, 0.4) is 0 Å². The average Bonchev–Trinajstić information content (AvgIpc) is 2.58. The summed E-state index contributed by atoms with van der Waals surface area (Å²) in [7, 11) is 1.67. The maximum absolute atomic E-state index is 12.3. The van der Waals surface area contributed by atoms with Crippen molar-refractivity contribution in [2.45, 2.75) is 43.9 Å². The summed E-state index contributed by atoms with van der Waals surface area (Å²) in [4.78, 5) is 27.0. The summed E-state index contributed by atoms with van der Waals surface area (Å²) in [6, 6.07) is 8.47. The number of carbonyl (C=O) groups is 2. The molecular formula is C19H28N2O2S. The standard InChI is InChI=1S/C19H28N2O2S/c1-19(2,3)15-5-7-16(8-6-15)24-13-17(22)21-11-9-14(10-12-21)18(23)20-4/h5-8,14H,9-13H2,1-4H3,(H,20,23). The number of benzene rings is 1. The van der Waals surface area contributed by atoms with Crippen LogP contribution in [0.25, 0.3) is 0 Å². The van der Waals surface area contributed by atoms with Crippen LogP contribution in [-0.4, -0.2) is 42.6 Å². The topological polar surface area (TPSA) is 49.4 Å². The van der Waals surface area contributed by atoms with Crippen molar-refractivity contribution in [2.75, 3.05) is 25.9 Å². The third kappa shape index (κ3) is 5.00. The highest BCUT2D eigenvalue weighted by molar-refractivity contribution is 8.00. The first kappa shape index (κ1) is 18.8. The van der Waals surface area contributed by atoms with Gasteiger partial charge in [-0.2, -0.15) is 0 Å². The molecule has 0 saturated carbocycles. The molecule has 0 unspecified atom stereocenters. The van der Waals surface area contributed by atoms with Crippen molar-refractivity contribution >= 4 is 23.6 Å². The van der Waals surface area contributed by atoms with Gasteiger partial charge in [0.1, 0.15) is 0 Å². The van der Waals surface area contributed by atoms with Crippen LogP contribution in [0.15, 0.2) is 29.2 Å². The summed E-state index contributed by atoms with van der Waals surface area (Å²) in [5, 5.41) is 2.69. The zero-order valence-electron chi connectivity index (χ0n) is 15.1. The van der Waals surface area contributed by atoms with Crippen LogP contribution in [0.1, 0.15) is 39.2 Å². The molecule has 132 valence electrons. The Balaban J connectivity index is 1.80. The number of piperidine rings is 1. The molecule has 24 heavy (non-hydrogen) atoms. The van der Waals surface area contributed by atoms with Crippen molar-refractivity contribution < 1.29 is 9.59 Å². The number of thioether (sulfide) groups is 1. The minimum absolute atomic E-state index is 0.0524. The van der Waals surface area contributed by atoms with Gasteiger partial charge in [-0.1, -0.05) is 32.9 Å². The number of hydrogen-bond donors (Lipinski definition) is 1. The van der Waals surface area contributed by atoms with Crippen LogP contribution in [0.2, 0.25) is 0 Å². The Labute approximate surface area is 149 Å². The van der Waals surface area contributed by atoms with Gasteiger partial charge in [0.05, 0.1) is 5.75 Å². The molecule has 1 heterocycles. The minimum Gasteiger partial charge on any atom is -0.359 e. The fraction of sp³-hybridized carbons (Fsp3) is 0.579. The first-order valence-electron chi connectivity index (χ1n) is 8.54. The van der Waals surface area contributed by atoms with E-state index in [4.69, 9.17) is 0 Å². The van der Waals surface area contributed by atoms with E-state index in [9.17, 15) is 9.59 Å². The third-order valence-electron chi connectivity index (χ3n) is 4.55. The van der Waals surface area contributed by atoms with Crippen LogP contribution in [-0.2, 0) is 15.0 Å². The fourth-order valence-electron chi connectivity index (χ4n) is 2.88. The number of hydrogen-bond acceptors (Lipinski definition) is 3. The second kappa shape index (κ2) is 8.06. The maximum Gasteiger partial charge on any atom is 0.232 e. The molecule has 0 aromatic heterocycles. The quantitative estimate of drug-likeness (QED) is 0.851. The third-order valence-corrected chi connectivity index (χ3v) is 5.54. The van der Waals surface area contributed by atoms with E-state index in [-0.39, 0.29) is 23.1 Å². The second-order valence-corrected chi connectivity index (χ2v) is 8.38. The number of amides is 2. The number of likely N-dealkylation sites (tertiary alicyclic amines) is 1. The van der Waals surface area contributed by atoms with Gasteiger partial charge >= 0.3 is 0 Å². The summed E-state index contributed by atoms with van der Waals surface area (Å²) in [5.41, 5.74) is 1.45. The van der Waals surface area contributed by atoms with Gasteiger partial charge in [0.15, 0.2) is 0 Å². The van der Waals surface area contributed by atoms with Gasteiger partial charge in [-0.15, -0.1) is 11.8 Å². The highest BCUT2D eigenvalue weighted by Gasteiger charge is 2.26. The second-order valence-electron chi connectivity index (χ2n) is 7.33. The molecule has 1 N–H and O–H groups in total. The van der Waals surface area contributed by atoms with Crippen LogP contribution in [0, 0.1) is 5.92 Å². The Kier molecular flexibility index (Phi) is 6.33. The predicted molar refractivity (Wildman–Crippen MR) is 99.2 cm³/mol. The largest absolute Gasteiger partial charge is 0.359 e. The lowest BCUT2D eigenvalue weighted by Crippen LogP contribution is -2.43. The van der Waals surface area contributed by atoms with Gasteiger partial charge in [0.25, 0.3) is 0 Å². The normalized spacial score (nSPS) is 16.1. The summed E-state index contributed by atoms with van der Waals surface area (Å²) in [6.45, 7) is 7.95. The molecule has 1 aliphatic rings. The van der Waals surface area contributed by atoms with Crippen molar-refractivity contribution in [1.82, 2.24) is 10.2 Å². The van der Waals surface area contributed by atoms with Gasteiger partial charge in [0.2, 0.25) is 11.8 Å². The summed E-state index contributed by atoms with van der Waals surface area (Å²) >= 11 is 1.58. The van der Waals surface area contributed by atoms with E-state index in [2.05, 4.69) is 50.4 Å². The summed E-state index contributed by atoms with van der Waals surface area (Å²) in [5.74, 6) is 0.766. The van der Waals surface area contributed by atoms with E-state index in [1.807, 2.05) is 4.90 Å². The Morgan fingerprint density at radius 1 is 1.17 bits per heavy atom. The number of nitrogens with one attached hydrogen (secondary N) is 1. The van der Waals surface area contributed by atoms with Crippen molar-refractivity contribution in [3.8, 4) is 0 Å². The molecule has 5 heteroatoms. The lowest BCUT2D eigenvalue weighted by molar-refractivity contribution is -0.133. The number of carbonyl (C=O) groups excluding carboxylic acids is 2. The smallest absolute Gasteiger partial charge is 0.232 e. The molecule has 1 aromatic carbocycles. The zero-order valence-corrected chi connectivity index (χ0v) is 15.9. The Hall–Kier alpha value is -1.49. The molecule has 0 bridgehead atoms. The van der Waals surface area contributed by atoms with Crippen LogP contribution < -0.4 is 5.32 Å². The van der Waals surface area contributed by atoms with Gasteiger partial charge in [-0.3, -0.25) is 9.59 Å². The number of nitrogens with zero attached hydrogens (tertiary/aromatic N) is 1. The van der Waals surface area contributed by atoms with E-state index in [0.29, 0.717) is 18.8 Å². The first-order valence-corrected chi connectivity index (χ1v) is 9.52. The molecule has 0 radical (unpaired) electrons. The van der Waals surface area contributed by atoms with Crippen molar-refractivity contribution in [3.05, 3.63) is 29.8 Å². The van der Waals surface area contributed by atoms with Crippen molar-refractivity contribution in [3.63, 3.8) is 0 Å². The van der Waals surface area contributed by atoms with Gasteiger partial charge in [-0.25, -0.2) is 0 Å². The van der Waals surface area contributed by atoms with E-state index in [1.54, 1.807) is 18.8 Å². The van der Waals surface area contributed by atoms with Crippen LogP contribution in [0.4, 0.5) is 0 Å².